The van der Waals surface area contributed by atoms with Crippen molar-refractivity contribution in [3.63, 3.8) is 0 Å². The van der Waals surface area contributed by atoms with E-state index in [2.05, 4.69) is 5.32 Å². The fourth-order valence-electron chi connectivity index (χ4n) is 3.42. The molecular weight excluding hydrogens is 362 g/mol. The van der Waals surface area contributed by atoms with Crippen LogP contribution in [0.2, 0.25) is 0 Å². The van der Waals surface area contributed by atoms with E-state index in [9.17, 15) is 9.59 Å². The number of ether oxygens (including phenoxy) is 3. The first kappa shape index (κ1) is 20.3. The maximum atomic E-state index is 13.0. The van der Waals surface area contributed by atoms with Gasteiger partial charge in [0.15, 0.2) is 11.5 Å². The van der Waals surface area contributed by atoms with Crippen LogP contribution in [0.1, 0.15) is 23.2 Å². The van der Waals surface area contributed by atoms with E-state index in [-0.39, 0.29) is 11.8 Å². The van der Waals surface area contributed by atoms with Gasteiger partial charge >= 0.3 is 0 Å². The van der Waals surface area contributed by atoms with Gasteiger partial charge in [-0.1, -0.05) is 0 Å². The van der Waals surface area contributed by atoms with Gasteiger partial charge in [0.2, 0.25) is 11.7 Å². The van der Waals surface area contributed by atoms with Gasteiger partial charge < -0.3 is 29.3 Å². The van der Waals surface area contributed by atoms with Crippen molar-refractivity contribution in [1.82, 2.24) is 15.1 Å². The van der Waals surface area contributed by atoms with Crippen LogP contribution in [0.4, 0.5) is 0 Å². The monoisotopic (exact) mass is 391 g/mol. The molecule has 28 heavy (non-hydrogen) atoms. The highest BCUT2D eigenvalue weighted by atomic mass is 16.5. The summed E-state index contributed by atoms with van der Waals surface area (Å²) in [7, 11) is 4.55. The third kappa shape index (κ3) is 4.49. The number of carbonyl (C=O) groups is 2. The summed E-state index contributed by atoms with van der Waals surface area (Å²) in [5.74, 6) is 1.96. The molecule has 1 N–H and O–H groups in total. The minimum Gasteiger partial charge on any atom is -0.493 e. The van der Waals surface area contributed by atoms with Crippen LogP contribution in [-0.2, 0) is 4.79 Å². The second-order valence-electron chi connectivity index (χ2n) is 7.13. The summed E-state index contributed by atoms with van der Waals surface area (Å²) >= 11 is 0. The Morgan fingerprint density at radius 2 is 1.61 bits per heavy atom. The van der Waals surface area contributed by atoms with E-state index in [1.807, 2.05) is 4.90 Å². The molecule has 2 amide bonds. The maximum absolute atomic E-state index is 13.0. The number of nitrogens with one attached hydrogen (secondary N) is 1. The van der Waals surface area contributed by atoms with Gasteiger partial charge in [-0.2, -0.15) is 0 Å². The molecule has 1 aromatic carbocycles. The number of hydrogen-bond donors (Lipinski definition) is 1. The summed E-state index contributed by atoms with van der Waals surface area (Å²) in [5.41, 5.74) is 0.422. The fraction of sp³-hybridized carbons (Fsp3) is 0.600. The van der Waals surface area contributed by atoms with E-state index < -0.39 is 0 Å². The van der Waals surface area contributed by atoms with Gasteiger partial charge in [-0.25, -0.2) is 0 Å². The van der Waals surface area contributed by atoms with Crippen molar-refractivity contribution in [2.24, 2.45) is 5.92 Å². The Morgan fingerprint density at radius 1 is 0.964 bits per heavy atom. The van der Waals surface area contributed by atoms with Crippen LogP contribution < -0.4 is 19.5 Å². The Labute approximate surface area is 165 Å². The number of amides is 2. The smallest absolute Gasteiger partial charge is 0.257 e. The van der Waals surface area contributed by atoms with Crippen LogP contribution in [0.25, 0.3) is 0 Å². The number of hydrogen-bond acceptors (Lipinski definition) is 6. The molecule has 0 spiro atoms. The minimum atomic E-state index is -0.142. The van der Waals surface area contributed by atoms with Crippen molar-refractivity contribution in [2.75, 3.05) is 60.6 Å². The zero-order chi connectivity index (χ0) is 20.1. The zero-order valence-electron chi connectivity index (χ0n) is 16.8. The Morgan fingerprint density at radius 3 is 2.18 bits per heavy atom. The van der Waals surface area contributed by atoms with Crippen molar-refractivity contribution in [1.29, 1.82) is 0 Å². The van der Waals surface area contributed by atoms with Crippen LogP contribution in [0.15, 0.2) is 12.1 Å². The summed E-state index contributed by atoms with van der Waals surface area (Å²) in [6.45, 7) is 3.34. The minimum absolute atomic E-state index is 0.0939. The molecule has 0 aromatic heterocycles. The second-order valence-corrected chi connectivity index (χ2v) is 7.13. The number of benzene rings is 1. The highest BCUT2D eigenvalue weighted by molar-refractivity contribution is 5.98. The third-order valence-corrected chi connectivity index (χ3v) is 5.26. The van der Waals surface area contributed by atoms with Gasteiger partial charge in [-0.15, -0.1) is 0 Å². The third-order valence-electron chi connectivity index (χ3n) is 5.26. The van der Waals surface area contributed by atoms with Crippen molar-refractivity contribution in [2.45, 2.75) is 12.8 Å². The number of nitrogens with zero attached hydrogens (tertiary/aromatic N) is 2. The molecule has 1 saturated carbocycles. The Kier molecular flexibility index (Phi) is 6.61. The fourth-order valence-corrected chi connectivity index (χ4v) is 3.42. The van der Waals surface area contributed by atoms with Crippen LogP contribution >= 0.6 is 0 Å². The van der Waals surface area contributed by atoms with Crippen molar-refractivity contribution in [3.05, 3.63) is 17.7 Å². The number of rotatable bonds is 8. The van der Waals surface area contributed by atoms with E-state index >= 15 is 0 Å². The molecule has 0 atom stereocenters. The normalized spacial score (nSPS) is 16.7. The molecule has 0 unspecified atom stereocenters. The lowest BCUT2D eigenvalue weighted by Gasteiger charge is -2.35. The predicted octanol–water partition coefficient (Wildman–Crippen LogP) is 0.996. The van der Waals surface area contributed by atoms with Crippen LogP contribution in [0, 0.1) is 5.92 Å². The van der Waals surface area contributed by atoms with Gasteiger partial charge in [-0.3, -0.25) is 9.59 Å². The highest BCUT2D eigenvalue weighted by Crippen LogP contribution is 2.40. The van der Waals surface area contributed by atoms with Gasteiger partial charge in [0, 0.05) is 26.2 Å². The molecule has 8 nitrogen and oxygen atoms in total. The second kappa shape index (κ2) is 9.14. The standard InChI is InChI=1S/C20H29N3O5/c1-26-16-7-6-15(18(27-2)19(16)28-3)20(25)23-10-8-22(9-11-23)17(24)13-21-12-14-4-5-14/h6-7,14,21H,4-5,8-13H2,1-3H3. The molecular formula is C20H29N3O5. The maximum Gasteiger partial charge on any atom is 0.257 e. The SMILES string of the molecule is COc1ccc(C(=O)N2CCN(C(=O)CNCC3CC3)CC2)c(OC)c1OC. The molecule has 1 aliphatic heterocycles. The highest BCUT2D eigenvalue weighted by Gasteiger charge is 2.29. The van der Waals surface area contributed by atoms with Crippen molar-refractivity contribution in [3.8, 4) is 17.2 Å². The number of carbonyl (C=O) groups excluding carboxylic acids is 2. The molecule has 1 aliphatic carbocycles. The first-order chi connectivity index (χ1) is 13.6. The van der Waals surface area contributed by atoms with Crippen LogP contribution in [-0.4, -0.2) is 82.2 Å². The van der Waals surface area contributed by atoms with Crippen LogP contribution in [0.5, 0.6) is 17.2 Å². The summed E-state index contributed by atoms with van der Waals surface area (Å²) in [6.07, 6.45) is 2.53. The molecule has 3 rings (SSSR count). The number of piperazine rings is 1. The van der Waals surface area contributed by atoms with Gasteiger partial charge in [0.05, 0.1) is 33.4 Å². The number of methoxy groups -OCH3 is 3. The van der Waals surface area contributed by atoms with Crippen molar-refractivity contribution >= 4 is 11.8 Å². The molecule has 154 valence electrons. The van der Waals surface area contributed by atoms with Crippen molar-refractivity contribution < 1.29 is 23.8 Å². The summed E-state index contributed by atoms with van der Waals surface area (Å²) in [4.78, 5) is 28.9. The Balaban J connectivity index is 1.59. The van der Waals surface area contributed by atoms with Gasteiger partial charge in [0.1, 0.15) is 0 Å². The Hall–Kier alpha value is -2.48. The Bertz CT molecular complexity index is 712. The van der Waals surface area contributed by atoms with E-state index in [0.29, 0.717) is 55.5 Å². The topological polar surface area (TPSA) is 80.3 Å². The quantitative estimate of drug-likeness (QED) is 0.712. The van der Waals surface area contributed by atoms with E-state index in [0.717, 1.165) is 12.5 Å². The predicted molar refractivity (Wildman–Crippen MR) is 104 cm³/mol. The molecule has 2 fully saturated rings. The average molecular weight is 391 g/mol. The molecule has 8 heteroatoms. The summed E-state index contributed by atoms with van der Waals surface area (Å²) < 4.78 is 16.1. The molecule has 1 aromatic rings. The van der Waals surface area contributed by atoms with Gasteiger partial charge in [0.25, 0.3) is 5.91 Å². The lowest BCUT2D eigenvalue weighted by atomic mass is 10.1. The van der Waals surface area contributed by atoms with E-state index in [1.165, 1.54) is 34.2 Å². The van der Waals surface area contributed by atoms with E-state index in [4.69, 9.17) is 14.2 Å². The molecule has 1 saturated heterocycles. The molecule has 0 radical (unpaired) electrons. The largest absolute Gasteiger partial charge is 0.493 e. The molecule has 0 bridgehead atoms. The van der Waals surface area contributed by atoms with Crippen LogP contribution in [0.3, 0.4) is 0 Å². The molecule has 1 heterocycles. The molecule has 2 aliphatic rings. The average Bonchev–Trinajstić information content (AvgIpc) is 3.56. The zero-order valence-corrected chi connectivity index (χ0v) is 16.8. The van der Waals surface area contributed by atoms with Gasteiger partial charge in [-0.05, 0) is 37.4 Å². The lowest BCUT2D eigenvalue weighted by molar-refractivity contribution is -0.131. The first-order valence-corrected chi connectivity index (χ1v) is 9.65. The first-order valence-electron chi connectivity index (χ1n) is 9.65. The summed E-state index contributed by atoms with van der Waals surface area (Å²) in [6, 6.07) is 3.38. The summed E-state index contributed by atoms with van der Waals surface area (Å²) in [5, 5.41) is 3.23. The lowest BCUT2D eigenvalue weighted by Crippen LogP contribution is -2.52. The van der Waals surface area contributed by atoms with E-state index in [1.54, 1.807) is 17.0 Å².